The number of H-pyrrole nitrogens is 2. The van der Waals surface area contributed by atoms with Gasteiger partial charge in [0.2, 0.25) is 0 Å². The van der Waals surface area contributed by atoms with Gasteiger partial charge in [0.1, 0.15) is 5.69 Å². The van der Waals surface area contributed by atoms with E-state index in [1.165, 1.54) is 12.3 Å². The average Bonchev–Trinajstić information content (AvgIpc) is 3.02. The second kappa shape index (κ2) is 4.37. The van der Waals surface area contributed by atoms with E-state index in [9.17, 15) is 14.4 Å². The van der Waals surface area contributed by atoms with E-state index >= 15 is 0 Å². The van der Waals surface area contributed by atoms with Gasteiger partial charge in [0, 0.05) is 19.3 Å². The maximum atomic E-state index is 12.2. The molecule has 0 aliphatic carbocycles. The molecule has 0 atom stereocenters. The lowest BCUT2D eigenvalue weighted by molar-refractivity contribution is 0.0696. The van der Waals surface area contributed by atoms with Gasteiger partial charge in [-0.1, -0.05) is 6.07 Å². The van der Waals surface area contributed by atoms with Crippen LogP contribution in [-0.2, 0) is 13.1 Å². The van der Waals surface area contributed by atoms with E-state index in [-0.39, 0.29) is 17.2 Å². The van der Waals surface area contributed by atoms with Crippen LogP contribution in [-0.4, -0.2) is 31.9 Å². The molecule has 1 aliphatic rings. The van der Waals surface area contributed by atoms with Crippen molar-refractivity contribution >= 4 is 11.9 Å². The third-order valence-corrected chi connectivity index (χ3v) is 3.29. The monoisotopic (exact) mass is 273 g/mol. The number of carbonyl (C=O) groups excluding carboxylic acids is 1. The van der Waals surface area contributed by atoms with Gasteiger partial charge in [0.25, 0.3) is 5.91 Å². The number of aromatic carboxylic acids is 1. The SMILES string of the molecule is O=C(O)c1ccc2c(c1)CN(C(=O)c1c[nH]c(=O)[nH]1)C2. The third kappa shape index (κ3) is 1.99. The zero-order chi connectivity index (χ0) is 14.3. The van der Waals surface area contributed by atoms with Crippen molar-refractivity contribution in [2.24, 2.45) is 0 Å². The summed E-state index contributed by atoms with van der Waals surface area (Å²) in [5.41, 5.74) is 1.70. The summed E-state index contributed by atoms with van der Waals surface area (Å²) in [6.07, 6.45) is 1.33. The summed E-state index contributed by atoms with van der Waals surface area (Å²) >= 11 is 0. The number of amides is 1. The molecule has 7 nitrogen and oxygen atoms in total. The number of aromatic amines is 2. The van der Waals surface area contributed by atoms with Gasteiger partial charge in [-0.05, 0) is 23.3 Å². The topological polar surface area (TPSA) is 106 Å². The molecule has 7 heteroatoms. The molecule has 2 heterocycles. The van der Waals surface area contributed by atoms with E-state index in [2.05, 4.69) is 9.97 Å². The maximum absolute atomic E-state index is 12.2. The van der Waals surface area contributed by atoms with Gasteiger partial charge in [-0.2, -0.15) is 0 Å². The summed E-state index contributed by atoms with van der Waals surface area (Å²) < 4.78 is 0. The molecule has 0 unspecified atom stereocenters. The molecule has 1 aromatic carbocycles. The number of rotatable bonds is 2. The fraction of sp³-hybridized carbons (Fsp3) is 0.154. The fourth-order valence-electron chi connectivity index (χ4n) is 2.29. The minimum absolute atomic E-state index is 0.196. The smallest absolute Gasteiger partial charge is 0.335 e. The standard InChI is InChI=1S/C13H11N3O4/c17-11(10-4-14-13(20)15-10)16-5-8-2-1-7(12(18)19)3-9(8)6-16/h1-4H,5-6H2,(H,18,19)(H2,14,15,20). The van der Waals surface area contributed by atoms with Crippen LogP contribution in [0.15, 0.2) is 29.2 Å². The Bertz CT molecular complexity index is 759. The Labute approximate surface area is 112 Å². The minimum Gasteiger partial charge on any atom is -0.478 e. The number of fused-ring (bicyclic) bond motifs is 1. The van der Waals surface area contributed by atoms with Crippen LogP contribution in [0.2, 0.25) is 0 Å². The highest BCUT2D eigenvalue weighted by Crippen LogP contribution is 2.24. The van der Waals surface area contributed by atoms with Crippen LogP contribution in [0.3, 0.4) is 0 Å². The van der Waals surface area contributed by atoms with Crippen LogP contribution in [0.4, 0.5) is 0 Å². The first-order valence-electron chi connectivity index (χ1n) is 5.96. The van der Waals surface area contributed by atoms with E-state index in [1.54, 1.807) is 17.0 Å². The summed E-state index contributed by atoms with van der Waals surface area (Å²) in [7, 11) is 0. The first kappa shape index (κ1) is 12.2. The molecule has 0 saturated carbocycles. The van der Waals surface area contributed by atoms with Gasteiger partial charge in [-0.15, -0.1) is 0 Å². The van der Waals surface area contributed by atoms with Crippen LogP contribution in [0.5, 0.6) is 0 Å². The molecule has 1 aromatic heterocycles. The zero-order valence-corrected chi connectivity index (χ0v) is 10.3. The van der Waals surface area contributed by atoms with E-state index in [4.69, 9.17) is 5.11 Å². The number of nitrogens with zero attached hydrogens (tertiary/aromatic N) is 1. The van der Waals surface area contributed by atoms with Crippen molar-refractivity contribution in [3.8, 4) is 0 Å². The molecule has 0 spiro atoms. The number of hydrogen-bond donors (Lipinski definition) is 3. The largest absolute Gasteiger partial charge is 0.478 e. The number of benzene rings is 1. The Morgan fingerprint density at radius 1 is 1.20 bits per heavy atom. The van der Waals surface area contributed by atoms with Gasteiger partial charge in [-0.25, -0.2) is 9.59 Å². The van der Waals surface area contributed by atoms with E-state index < -0.39 is 11.7 Å². The number of carboxylic acid groups (broad SMARTS) is 1. The van der Waals surface area contributed by atoms with Gasteiger partial charge in [-0.3, -0.25) is 4.79 Å². The molecular formula is C13H11N3O4. The van der Waals surface area contributed by atoms with Crippen LogP contribution in [0.1, 0.15) is 32.0 Å². The molecule has 2 aromatic rings. The third-order valence-electron chi connectivity index (χ3n) is 3.29. The van der Waals surface area contributed by atoms with E-state index in [1.807, 2.05) is 0 Å². The summed E-state index contributed by atoms with van der Waals surface area (Å²) in [4.78, 5) is 40.4. The van der Waals surface area contributed by atoms with Crippen molar-refractivity contribution in [3.63, 3.8) is 0 Å². The summed E-state index contributed by atoms with van der Waals surface area (Å²) in [6, 6.07) is 4.81. The van der Waals surface area contributed by atoms with Crippen LogP contribution >= 0.6 is 0 Å². The number of imidazole rings is 1. The fourth-order valence-corrected chi connectivity index (χ4v) is 2.29. The maximum Gasteiger partial charge on any atom is 0.335 e. The highest BCUT2D eigenvalue weighted by molar-refractivity contribution is 5.92. The van der Waals surface area contributed by atoms with Crippen LogP contribution in [0.25, 0.3) is 0 Å². The molecule has 3 rings (SSSR count). The Hall–Kier alpha value is -2.83. The molecule has 1 amide bonds. The van der Waals surface area contributed by atoms with Crippen molar-refractivity contribution in [2.45, 2.75) is 13.1 Å². The quantitative estimate of drug-likeness (QED) is 0.743. The molecule has 20 heavy (non-hydrogen) atoms. The lowest BCUT2D eigenvalue weighted by Crippen LogP contribution is -2.26. The second-order valence-electron chi connectivity index (χ2n) is 4.61. The Kier molecular flexibility index (Phi) is 2.67. The van der Waals surface area contributed by atoms with Crippen molar-refractivity contribution in [3.05, 3.63) is 57.3 Å². The van der Waals surface area contributed by atoms with Gasteiger partial charge < -0.3 is 20.0 Å². The molecule has 3 N–H and O–H groups in total. The summed E-state index contributed by atoms with van der Waals surface area (Å²) in [5.74, 6) is -1.29. The van der Waals surface area contributed by atoms with Crippen LogP contribution in [0, 0.1) is 0 Å². The predicted octanol–water partition coefficient (Wildman–Crippen LogP) is 0.557. The molecule has 102 valence electrons. The number of hydrogen-bond acceptors (Lipinski definition) is 3. The highest BCUT2D eigenvalue weighted by atomic mass is 16.4. The lowest BCUT2D eigenvalue weighted by Gasteiger charge is -2.13. The van der Waals surface area contributed by atoms with E-state index in [0.29, 0.717) is 13.1 Å². The lowest BCUT2D eigenvalue weighted by atomic mass is 10.1. The number of aromatic nitrogens is 2. The Balaban J connectivity index is 1.85. The molecule has 1 aliphatic heterocycles. The Morgan fingerprint density at radius 3 is 2.60 bits per heavy atom. The zero-order valence-electron chi connectivity index (χ0n) is 10.3. The second-order valence-corrected chi connectivity index (χ2v) is 4.61. The summed E-state index contributed by atoms with van der Waals surface area (Å²) in [6.45, 7) is 0.740. The number of carbonyl (C=O) groups is 2. The normalized spacial score (nSPS) is 13.3. The highest BCUT2D eigenvalue weighted by Gasteiger charge is 2.25. The predicted molar refractivity (Wildman–Crippen MR) is 68.4 cm³/mol. The van der Waals surface area contributed by atoms with Crippen molar-refractivity contribution in [1.29, 1.82) is 0 Å². The molecule has 0 saturated heterocycles. The van der Waals surface area contributed by atoms with Crippen LogP contribution < -0.4 is 5.69 Å². The molecule has 0 bridgehead atoms. The van der Waals surface area contributed by atoms with E-state index in [0.717, 1.165) is 11.1 Å². The minimum atomic E-state index is -0.993. The number of nitrogens with one attached hydrogen (secondary N) is 2. The average molecular weight is 273 g/mol. The van der Waals surface area contributed by atoms with Gasteiger partial charge in [0.15, 0.2) is 0 Å². The van der Waals surface area contributed by atoms with Crippen molar-refractivity contribution in [1.82, 2.24) is 14.9 Å². The first-order valence-corrected chi connectivity index (χ1v) is 5.96. The van der Waals surface area contributed by atoms with Crippen molar-refractivity contribution < 1.29 is 14.7 Å². The molecule has 0 fully saturated rings. The Morgan fingerprint density at radius 2 is 1.95 bits per heavy atom. The van der Waals surface area contributed by atoms with Crippen molar-refractivity contribution in [2.75, 3.05) is 0 Å². The van der Waals surface area contributed by atoms with Gasteiger partial charge >= 0.3 is 11.7 Å². The molecule has 0 radical (unpaired) electrons. The van der Waals surface area contributed by atoms with Gasteiger partial charge in [0.05, 0.1) is 5.56 Å². The molecular weight excluding hydrogens is 262 g/mol. The summed E-state index contributed by atoms with van der Waals surface area (Å²) in [5, 5.41) is 8.95. The number of carboxylic acids is 1. The first-order chi connectivity index (χ1) is 9.54.